The maximum atomic E-state index is 11.6. The minimum atomic E-state index is -0.867. The molecule has 1 amide bonds. The molecule has 1 rings (SSSR count). The van der Waals surface area contributed by atoms with Gasteiger partial charge in [0.25, 0.3) is 0 Å². The molecular weight excluding hydrogens is 252 g/mol. The highest BCUT2D eigenvalue weighted by molar-refractivity contribution is 5.85. The number of amides is 1. The largest absolute Gasteiger partial charge is 0.504 e. The Morgan fingerprint density at radius 1 is 1.37 bits per heavy atom. The van der Waals surface area contributed by atoms with Crippen LogP contribution in [-0.2, 0) is 20.7 Å². The third kappa shape index (κ3) is 4.47. The van der Waals surface area contributed by atoms with E-state index in [-0.39, 0.29) is 24.5 Å². The fourth-order valence-electron chi connectivity index (χ4n) is 1.41. The van der Waals surface area contributed by atoms with Gasteiger partial charge in [-0.05, 0) is 24.1 Å². The number of carbonyl (C=O) groups is 2. The molecule has 1 aromatic rings. The van der Waals surface area contributed by atoms with Gasteiger partial charge in [-0.25, -0.2) is 0 Å². The highest BCUT2D eigenvalue weighted by atomic mass is 16.5. The van der Waals surface area contributed by atoms with Crippen LogP contribution in [0.3, 0.4) is 0 Å². The van der Waals surface area contributed by atoms with Gasteiger partial charge in [-0.15, -0.1) is 0 Å². The van der Waals surface area contributed by atoms with Crippen LogP contribution in [0, 0.1) is 0 Å². The number of benzene rings is 1. The molecule has 0 radical (unpaired) electrons. The van der Waals surface area contributed by atoms with Gasteiger partial charge in [0.2, 0.25) is 5.91 Å². The number of phenolic OH excluding ortho intramolecular Hbond substituents is 2. The summed E-state index contributed by atoms with van der Waals surface area (Å²) in [6.45, 7) is -0.246. The Morgan fingerprint density at radius 2 is 2.05 bits per heavy atom. The predicted octanol–water partition coefficient (Wildman–Crippen LogP) is -0.743. The third-order valence-electron chi connectivity index (χ3n) is 2.47. The number of methoxy groups -OCH3 is 1. The van der Waals surface area contributed by atoms with Crippen LogP contribution in [0.4, 0.5) is 0 Å². The minimum absolute atomic E-state index is 0.168. The summed E-state index contributed by atoms with van der Waals surface area (Å²) in [6, 6.07) is 3.31. The Balaban J connectivity index is 2.53. The molecule has 104 valence electrons. The molecule has 0 spiro atoms. The van der Waals surface area contributed by atoms with Crippen LogP contribution in [0.1, 0.15) is 5.56 Å². The Morgan fingerprint density at radius 3 is 2.63 bits per heavy atom. The van der Waals surface area contributed by atoms with Crippen molar-refractivity contribution in [3.63, 3.8) is 0 Å². The molecule has 0 aromatic heterocycles. The van der Waals surface area contributed by atoms with E-state index in [1.165, 1.54) is 19.2 Å². The SMILES string of the molecule is COC(=O)CNC(=O)[C@@H](N)Cc1ccc(O)c(O)c1. The van der Waals surface area contributed by atoms with E-state index in [1.54, 1.807) is 6.07 Å². The summed E-state index contributed by atoms with van der Waals surface area (Å²) < 4.78 is 4.37. The number of phenols is 2. The molecule has 1 aromatic carbocycles. The number of hydrogen-bond acceptors (Lipinski definition) is 6. The van der Waals surface area contributed by atoms with Gasteiger partial charge < -0.3 is 26.0 Å². The number of nitrogens with two attached hydrogens (primary N) is 1. The molecule has 0 aliphatic rings. The van der Waals surface area contributed by atoms with Crippen molar-refractivity contribution in [2.24, 2.45) is 5.73 Å². The van der Waals surface area contributed by atoms with Crippen LogP contribution < -0.4 is 11.1 Å². The molecule has 0 saturated carbocycles. The molecule has 0 saturated heterocycles. The fraction of sp³-hybridized carbons (Fsp3) is 0.333. The Kier molecular flexibility index (Phi) is 5.13. The lowest BCUT2D eigenvalue weighted by Gasteiger charge is -2.12. The predicted molar refractivity (Wildman–Crippen MR) is 66.5 cm³/mol. The van der Waals surface area contributed by atoms with Crippen LogP contribution in [0.5, 0.6) is 11.5 Å². The zero-order valence-electron chi connectivity index (χ0n) is 10.4. The standard InChI is InChI=1S/C12H16N2O5/c1-19-11(17)6-14-12(18)8(13)4-7-2-3-9(15)10(16)5-7/h2-3,5,8,15-16H,4,6,13H2,1H3,(H,14,18)/t8-/m0/s1. The Hall–Kier alpha value is -2.28. The van der Waals surface area contributed by atoms with Crippen molar-refractivity contribution in [3.05, 3.63) is 23.8 Å². The van der Waals surface area contributed by atoms with Gasteiger partial charge in [0.15, 0.2) is 11.5 Å². The van der Waals surface area contributed by atoms with Gasteiger partial charge in [-0.2, -0.15) is 0 Å². The van der Waals surface area contributed by atoms with Crippen LogP contribution >= 0.6 is 0 Å². The maximum absolute atomic E-state index is 11.6. The van der Waals surface area contributed by atoms with Gasteiger partial charge >= 0.3 is 5.97 Å². The molecule has 1 atom stereocenters. The van der Waals surface area contributed by atoms with E-state index in [0.29, 0.717) is 5.56 Å². The average Bonchev–Trinajstić information content (AvgIpc) is 2.39. The normalized spacial score (nSPS) is 11.7. The molecule has 19 heavy (non-hydrogen) atoms. The van der Waals surface area contributed by atoms with E-state index in [2.05, 4.69) is 10.1 Å². The van der Waals surface area contributed by atoms with Gasteiger partial charge in [0.1, 0.15) is 6.54 Å². The van der Waals surface area contributed by atoms with Crippen molar-refractivity contribution in [2.75, 3.05) is 13.7 Å². The first-order valence-electron chi connectivity index (χ1n) is 5.55. The number of nitrogens with one attached hydrogen (secondary N) is 1. The van der Waals surface area contributed by atoms with E-state index in [4.69, 9.17) is 10.8 Å². The highest BCUT2D eigenvalue weighted by Gasteiger charge is 2.15. The fourth-order valence-corrected chi connectivity index (χ4v) is 1.41. The van der Waals surface area contributed by atoms with E-state index in [1.807, 2.05) is 0 Å². The monoisotopic (exact) mass is 268 g/mol. The molecule has 7 heteroatoms. The number of rotatable bonds is 5. The molecule has 5 N–H and O–H groups in total. The molecule has 0 bridgehead atoms. The molecule has 0 heterocycles. The van der Waals surface area contributed by atoms with Gasteiger partial charge in [0.05, 0.1) is 13.2 Å². The van der Waals surface area contributed by atoms with E-state index in [0.717, 1.165) is 0 Å². The topological polar surface area (TPSA) is 122 Å². The first-order valence-corrected chi connectivity index (χ1v) is 5.55. The Labute approximate surface area is 110 Å². The van der Waals surface area contributed by atoms with Crippen molar-refractivity contribution < 1.29 is 24.5 Å². The highest BCUT2D eigenvalue weighted by Crippen LogP contribution is 2.25. The lowest BCUT2D eigenvalue weighted by molar-refractivity contribution is -0.141. The van der Waals surface area contributed by atoms with Gasteiger partial charge in [-0.3, -0.25) is 9.59 Å². The van der Waals surface area contributed by atoms with Gasteiger partial charge in [-0.1, -0.05) is 6.07 Å². The number of carbonyl (C=O) groups excluding carboxylic acids is 2. The smallest absolute Gasteiger partial charge is 0.325 e. The van der Waals surface area contributed by atoms with Crippen molar-refractivity contribution in [2.45, 2.75) is 12.5 Å². The Bertz CT molecular complexity index is 475. The van der Waals surface area contributed by atoms with Crippen LogP contribution in [0.15, 0.2) is 18.2 Å². The summed E-state index contributed by atoms with van der Waals surface area (Å²) in [5.74, 6) is -1.59. The van der Waals surface area contributed by atoms with E-state index >= 15 is 0 Å². The second-order valence-electron chi connectivity index (χ2n) is 3.93. The zero-order chi connectivity index (χ0) is 14.4. The quantitative estimate of drug-likeness (QED) is 0.412. The lowest BCUT2D eigenvalue weighted by Crippen LogP contribution is -2.44. The van der Waals surface area contributed by atoms with Crippen LogP contribution in [0.2, 0.25) is 0 Å². The summed E-state index contributed by atoms with van der Waals surface area (Å²) >= 11 is 0. The summed E-state index contributed by atoms with van der Waals surface area (Å²) in [6.07, 6.45) is 0.168. The third-order valence-corrected chi connectivity index (χ3v) is 2.47. The molecular formula is C12H16N2O5. The first kappa shape index (κ1) is 14.8. The molecule has 0 fully saturated rings. The number of aromatic hydroxyl groups is 2. The number of hydrogen-bond donors (Lipinski definition) is 4. The van der Waals surface area contributed by atoms with E-state index in [9.17, 15) is 14.7 Å². The summed E-state index contributed by atoms with van der Waals surface area (Å²) in [7, 11) is 1.22. The summed E-state index contributed by atoms with van der Waals surface area (Å²) in [5.41, 5.74) is 6.25. The van der Waals surface area contributed by atoms with Crippen molar-refractivity contribution in [1.29, 1.82) is 0 Å². The maximum Gasteiger partial charge on any atom is 0.325 e. The van der Waals surface area contributed by atoms with Crippen molar-refractivity contribution in [1.82, 2.24) is 5.32 Å². The van der Waals surface area contributed by atoms with Crippen molar-refractivity contribution >= 4 is 11.9 Å². The lowest BCUT2D eigenvalue weighted by atomic mass is 10.1. The molecule has 0 aliphatic carbocycles. The summed E-state index contributed by atoms with van der Waals surface area (Å²) in [4.78, 5) is 22.4. The van der Waals surface area contributed by atoms with Crippen molar-refractivity contribution in [3.8, 4) is 11.5 Å². The van der Waals surface area contributed by atoms with Gasteiger partial charge in [0, 0.05) is 0 Å². The second-order valence-corrected chi connectivity index (χ2v) is 3.93. The number of ether oxygens (including phenoxy) is 1. The summed E-state index contributed by atoms with van der Waals surface area (Å²) in [5, 5.41) is 20.8. The minimum Gasteiger partial charge on any atom is -0.504 e. The average molecular weight is 268 g/mol. The second kappa shape index (κ2) is 6.60. The van der Waals surface area contributed by atoms with Crippen LogP contribution in [-0.4, -0.2) is 41.8 Å². The first-order chi connectivity index (χ1) is 8.93. The molecule has 0 unspecified atom stereocenters. The molecule has 7 nitrogen and oxygen atoms in total. The van der Waals surface area contributed by atoms with E-state index < -0.39 is 17.9 Å². The number of esters is 1. The molecule has 0 aliphatic heterocycles. The zero-order valence-corrected chi connectivity index (χ0v) is 10.4. The van der Waals surface area contributed by atoms with Crippen LogP contribution in [0.25, 0.3) is 0 Å².